The summed E-state index contributed by atoms with van der Waals surface area (Å²) in [4.78, 5) is 19.4. The van der Waals surface area contributed by atoms with Crippen LogP contribution in [0.5, 0.6) is 5.75 Å². The lowest BCUT2D eigenvalue weighted by molar-refractivity contribution is 0.415. The van der Waals surface area contributed by atoms with Crippen molar-refractivity contribution in [2.24, 2.45) is 0 Å². The number of ether oxygens (including phenoxy) is 1. The fraction of sp³-hybridized carbons (Fsp3) is 0.316. The van der Waals surface area contributed by atoms with Crippen molar-refractivity contribution in [1.29, 1.82) is 5.26 Å². The predicted molar refractivity (Wildman–Crippen MR) is 100 cm³/mol. The van der Waals surface area contributed by atoms with Gasteiger partial charge in [-0.15, -0.1) is 11.3 Å². The third-order valence-corrected chi connectivity index (χ3v) is 5.36. The quantitative estimate of drug-likeness (QED) is 0.628. The lowest BCUT2D eigenvalue weighted by atomic mass is 10.0. The van der Waals surface area contributed by atoms with E-state index >= 15 is 0 Å². The van der Waals surface area contributed by atoms with Crippen LogP contribution in [0.25, 0.3) is 21.3 Å². The summed E-state index contributed by atoms with van der Waals surface area (Å²) in [5.41, 5.74) is 1.88. The molecule has 2 aromatic heterocycles. The minimum atomic E-state index is -0.0447. The van der Waals surface area contributed by atoms with Gasteiger partial charge in [0, 0.05) is 23.4 Å². The summed E-state index contributed by atoms with van der Waals surface area (Å²) in [7, 11) is 1.63. The van der Waals surface area contributed by atoms with Gasteiger partial charge in [0.15, 0.2) is 0 Å². The number of hydrogen-bond acceptors (Lipinski definition) is 5. The Labute approximate surface area is 150 Å². The second-order valence-corrected chi connectivity index (χ2v) is 6.75. The highest BCUT2D eigenvalue weighted by atomic mass is 32.1. The Bertz CT molecular complexity index is 998. The molecule has 0 spiro atoms. The van der Waals surface area contributed by atoms with Gasteiger partial charge >= 0.3 is 0 Å². The Morgan fingerprint density at radius 1 is 1.40 bits per heavy atom. The normalized spacial score (nSPS) is 10.8. The molecule has 2 heterocycles. The molecule has 0 saturated heterocycles. The van der Waals surface area contributed by atoms with Gasteiger partial charge in [0.1, 0.15) is 10.6 Å². The zero-order chi connectivity index (χ0) is 17.8. The molecule has 3 rings (SSSR count). The molecule has 0 saturated carbocycles. The van der Waals surface area contributed by atoms with Crippen LogP contribution in [0.1, 0.15) is 24.6 Å². The van der Waals surface area contributed by atoms with Crippen molar-refractivity contribution in [2.75, 3.05) is 7.11 Å². The van der Waals surface area contributed by atoms with Gasteiger partial charge < -0.3 is 4.74 Å². The lowest BCUT2D eigenvalue weighted by Crippen LogP contribution is -2.20. The number of rotatable bonds is 6. The summed E-state index contributed by atoms with van der Waals surface area (Å²) < 4.78 is 6.94. The van der Waals surface area contributed by atoms with Gasteiger partial charge in [-0.1, -0.05) is 19.1 Å². The predicted octanol–water partition coefficient (Wildman–Crippen LogP) is 4.00. The zero-order valence-corrected chi connectivity index (χ0v) is 15.1. The Morgan fingerprint density at radius 2 is 2.24 bits per heavy atom. The average molecular weight is 353 g/mol. The second-order valence-electron chi connectivity index (χ2n) is 5.67. The van der Waals surface area contributed by atoms with Crippen LogP contribution in [0.4, 0.5) is 0 Å². The van der Waals surface area contributed by atoms with Gasteiger partial charge in [0.25, 0.3) is 5.56 Å². The van der Waals surface area contributed by atoms with Crippen molar-refractivity contribution < 1.29 is 4.74 Å². The molecule has 1 aromatic carbocycles. The molecule has 3 aromatic rings. The van der Waals surface area contributed by atoms with Gasteiger partial charge in [-0.3, -0.25) is 9.36 Å². The molecular formula is C19H19N3O2S. The van der Waals surface area contributed by atoms with E-state index in [0.29, 0.717) is 24.8 Å². The van der Waals surface area contributed by atoms with Crippen LogP contribution in [-0.2, 0) is 13.0 Å². The highest BCUT2D eigenvalue weighted by molar-refractivity contribution is 7.19. The number of aromatic nitrogens is 2. The molecule has 5 nitrogen and oxygen atoms in total. The molecule has 0 aliphatic heterocycles. The number of unbranched alkanes of at least 4 members (excludes halogenated alkanes) is 1. The van der Waals surface area contributed by atoms with E-state index in [4.69, 9.17) is 10.00 Å². The Balaban J connectivity index is 2.20. The van der Waals surface area contributed by atoms with E-state index in [1.54, 1.807) is 29.3 Å². The molecule has 0 fully saturated rings. The number of thiophene rings is 1. The molecule has 0 amide bonds. The summed E-state index contributed by atoms with van der Waals surface area (Å²) in [5.74, 6) is 0.761. The zero-order valence-electron chi connectivity index (χ0n) is 14.3. The van der Waals surface area contributed by atoms with Crippen LogP contribution in [0.2, 0.25) is 0 Å². The molecule has 0 atom stereocenters. The van der Waals surface area contributed by atoms with Gasteiger partial charge in [-0.2, -0.15) is 5.26 Å². The molecular weight excluding hydrogens is 334 g/mol. The summed E-state index contributed by atoms with van der Waals surface area (Å²) in [6.45, 7) is 2.59. The maximum Gasteiger partial charge on any atom is 0.262 e. The molecule has 0 bridgehead atoms. The molecule has 0 aliphatic rings. The van der Waals surface area contributed by atoms with Crippen molar-refractivity contribution in [2.45, 2.75) is 32.7 Å². The first kappa shape index (κ1) is 17.2. The SMILES string of the molecule is CCc1sc2ncn(CCCC#N)c(=O)c2c1-c1cccc(OC)c1. The van der Waals surface area contributed by atoms with E-state index in [0.717, 1.165) is 33.0 Å². The van der Waals surface area contributed by atoms with Crippen LogP contribution >= 0.6 is 11.3 Å². The largest absolute Gasteiger partial charge is 0.497 e. The van der Waals surface area contributed by atoms with Crippen LogP contribution in [0, 0.1) is 11.3 Å². The molecule has 25 heavy (non-hydrogen) atoms. The maximum absolute atomic E-state index is 13.0. The van der Waals surface area contributed by atoms with Crippen LogP contribution < -0.4 is 10.3 Å². The average Bonchev–Trinajstić information content (AvgIpc) is 3.03. The van der Waals surface area contributed by atoms with Crippen LogP contribution in [0.3, 0.4) is 0 Å². The Hall–Kier alpha value is -2.65. The number of nitriles is 1. The molecule has 6 heteroatoms. The Kier molecular flexibility index (Phi) is 5.15. The van der Waals surface area contributed by atoms with Gasteiger partial charge in [-0.05, 0) is 30.5 Å². The number of benzene rings is 1. The van der Waals surface area contributed by atoms with Gasteiger partial charge in [0.05, 0.1) is 24.9 Å². The molecule has 0 unspecified atom stereocenters. The monoisotopic (exact) mass is 353 g/mol. The van der Waals surface area contributed by atoms with E-state index in [9.17, 15) is 4.79 Å². The van der Waals surface area contributed by atoms with Gasteiger partial charge in [0.2, 0.25) is 0 Å². The van der Waals surface area contributed by atoms with E-state index in [-0.39, 0.29) is 5.56 Å². The molecule has 0 N–H and O–H groups in total. The summed E-state index contributed by atoms with van der Waals surface area (Å²) in [5, 5.41) is 9.36. The van der Waals surface area contributed by atoms with Crippen LogP contribution in [0.15, 0.2) is 35.4 Å². The van der Waals surface area contributed by atoms with Gasteiger partial charge in [-0.25, -0.2) is 4.98 Å². The highest BCUT2D eigenvalue weighted by Crippen LogP contribution is 2.37. The molecule has 128 valence electrons. The number of aryl methyl sites for hydroxylation is 2. The summed E-state index contributed by atoms with van der Waals surface area (Å²) >= 11 is 1.57. The standard InChI is InChI=1S/C19H19N3O2S/c1-3-15-16(13-7-6-8-14(11-13)24-2)17-18(25-15)21-12-22(19(17)23)10-5-4-9-20/h6-8,11-12H,3-5,10H2,1-2H3. The second kappa shape index (κ2) is 7.49. The fourth-order valence-corrected chi connectivity index (χ4v) is 3.98. The number of fused-ring (bicyclic) bond motifs is 1. The fourth-order valence-electron chi connectivity index (χ4n) is 2.89. The van der Waals surface area contributed by atoms with E-state index in [1.807, 2.05) is 24.3 Å². The van der Waals surface area contributed by atoms with E-state index in [1.165, 1.54) is 0 Å². The first-order valence-electron chi connectivity index (χ1n) is 8.21. The molecule has 0 radical (unpaired) electrons. The van der Waals surface area contributed by atoms with E-state index < -0.39 is 0 Å². The smallest absolute Gasteiger partial charge is 0.262 e. The minimum Gasteiger partial charge on any atom is -0.497 e. The van der Waals surface area contributed by atoms with Crippen molar-refractivity contribution in [3.63, 3.8) is 0 Å². The highest BCUT2D eigenvalue weighted by Gasteiger charge is 2.18. The topological polar surface area (TPSA) is 67.9 Å². The van der Waals surface area contributed by atoms with Crippen molar-refractivity contribution >= 4 is 21.6 Å². The number of nitrogens with zero attached hydrogens (tertiary/aromatic N) is 3. The van der Waals surface area contributed by atoms with Crippen molar-refractivity contribution in [1.82, 2.24) is 9.55 Å². The van der Waals surface area contributed by atoms with Crippen molar-refractivity contribution in [3.05, 3.63) is 45.8 Å². The van der Waals surface area contributed by atoms with E-state index in [2.05, 4.69) is 18.0 Å². The third kappa shape index (κ3) is 3.28. The first-order valence-corrected chi connectivity index (χ1v) is 9.03. The number of methoxy groups -OCH3 is 1. The summed E-state index contributed by atoms with van der Waals surface area (Å²) in [6.07, 6.45) is 3.49. The maximum atomic E-state index is 13.0. The Morgan fingerprint density at radius 3 is 2.96 bits per heavy atom. The first-order chi connectivity index (χ1) is 12.2. The molecule has 0 aliphatic carbocycles. The lowest BCUT2D eigenvalue weighted by Gasteiger charge is -2.07. The minimum absolute atomic E-state index is 0.0447. The van der Waals surface area contributed by atoms with Crippen molar-refractivity contribution in [3.8, 4) is 22.9 Å². The summed E-state index contributed by atoms with van der Waals surface area (Å²) in [6, 6.07) is 9.88. The number of hydrogen-bond donors (Lipinski definition) is 0. The van der Waals surface area contributed by atoms with Crippen LogP contribution in [-0.4, -0.2) is 16.7 Å². The third-order valence-electron chi connectivity index (χ3n) is 4.12.